The number of nitrogens with one attached hydrogen (secondary N) is 3. The van der Waals surface area contributed by atoms with Crippen molar-refractivity contribution in [1.29, 1.82) is 0 Å². The molecule has 3 heterocycles. The molecule has 4 rings (SSSR count). The van der Waals surface area contributed by atoms with Crippen molar-refractivity contribution in [3.8, 4) is 0 Å². The summed E-state index contributed by atoms with van der Waals surface area (Å²) in [4.78, 5) is 76.1. The Labute approximate surface area is 365 Å². The van der Waals surface area contributed by atoms with Gasteiger partial charge in [-0.25, -0.2) is 4.98 Å². The summed E-state index contributed by atoms with van der Waals surface area (Å²) in [5.41, 5.74) is 1.88. The number of aryl methyl sites for hydroxylation is 2. The molecule has 3 aromatic rings. The highest BCUT2D eigenvalue weighted by atomic mass is 32.1. The normalized spacial score (nSPS) is 17.2. The molecule has 3 amide bonds. The number of carboxylic acids is 1. The van der Waals surface area contributed by atoms with Crippen LogP contribution < -0.4 is 10.6 Å². The number of rotatable bonds is 23. The molecular formula is C45H68N8O7S. The van der Waals surface area contributed by atoms with Crippen molar-refractivity contribution in [3.63, 3.8) is 0 Å². The molecule has 0 unspecified atom stereocenters. The number of likely N-dealkylation sites (tertiary alicyclic amines) is 1. The van der Waals surface area contributed by atoms with Crippen LogP contribution in [0.1, 0.15) is 138 Å². The molecule has 0 aliphatic carbocycles. The molecule has 15 nitrogen and oxygen atoms in total. The summed E-state index contributed by atoms with van der Waals surface area (Å²) in [5.74, 6) is -2.56. The monoisotopic (exact) mass is 864 g/mol. The number of aromatic nitrogens is 4. The Morgan fingerprint density at radius 1 is 1.08 bits per heavy atom. The molecule has 16 heteroatoms. The average molecular weight is 865 g/mol. The Morgan fingerprint density at radius 3 is 2.41 bits per heavy atom. The van der Waals surface area contributed by atoms with Gasteiger partial charge in [0, 0.05) is 37.4 Å². The second-order valence-corrected chi connectivity index (χ2v) is 18.7. The highest BCUT2D eigenvalue weighted by Gasteiger charge is 2.39. The lowest BCUT2D eigenvalue weighted by atomic mass is 9.84. The van der Waals surface area contributed by atoms with Crippen LogP contribution in [0.4, 0.5) is 0 Å². The number of aliphatic carboxylic acids is 1. The fourth-order valence-corrected chi connectivity index (χ4v) is 8.79. The number of piperidine rings is 1. The van der Waals surface area contributed by atoms with E-state index in [9.17, 15) is 29.1 Å². The Kier molecular flexibility index (Phi) is 18.4. The van der Waals surface area contributed by atoms with Crippen molar-refractivity contribution < 1.29 is 33.8 Å². The molecule has 0 radical (unpaired) electrons. The van der Waals surface area contributed by atoms with Gasteiger partial charge in [0.2, 0.25) is 11.8 Å². The van der Waals surface area contributed by atoms with Crippen LogP contribution >= 0.6 is 11.3 Å². The minimum atomic E-state index is -1.11. The third-order valence-electron chi connectivity index (χ3n) is 11.9. The maximum atomic E-state index is 15.0. The quantitative estimate of drug-likeness (QED) is 0.0617. The molecule has 61 heavy (non-hydrogen) atoms. The second kappa shape index (κ2) is 22.9. The van der Waals surface area contributed by atoms with Gasteiger partial charge in [-0.05, 0) is 96.7 Å². The number of nitrogens with zero attached hydrogens (tertiary/aromatic N) is 5. The third kappa shape index (κ3) is 14.4. The minimum Gasteiger partial charge on any atom is -0.481 e. The standard InChI is InChI=1S/C45H68N8O7S/c1-10-30(5)39(49-41(56)36-16-12-13-21-52(36)9)43(57)53(22-14-11-15-33-26-46-51-50-33)37(28(2)3)24-38(60-31(6)54)42-48-35(27-61-42)40(55)47-34(25-45(7,8)44(58)59)23-32-19-17-29(4)18-20-32/h17-20,26-28,30,34,36-39H,10-16,21-25H2,1-9H3,(H,47,55)(H,49,56)(H,58,59)(H,46,50,51)/t30-,34-,36+,37+,38+,39-/m0/s1. The molecule has 1 saturated heterocycles. The molecule has 0 bridgehead atoms. The van der Waals surface area contributed by atoms with Gasteiger partial charge in [0.25, 0.3) is 5.91 Å². The number of benzene rings is 1. The summed E-state index contributed by atoms with van der Waals surface area (Å²) < 4.78 is 5.94. The van der Waals surface area contributed by atoms with E-state index in [1.807, 2.05) is 70.8 Å². The van der Waals surface area contributed by atoms with Gasteiger partial charge < -0.3 is 25.4 Å². The summed E-state index contributed by atoms with van der Waals surface area (Å²) in [5, 5.41) is 28.9. The van der Waals surface area contributed by atoms with E-state index in [0.717, 1.165) is 49.0 Å². The number of carboxylic acid groups (broad SMARTS) is 1. The molecule has 1 aromatic carbocycles. The van der Waals surface area contributed by atoms with Crippen LogP contribution in [0, 0.1) is 24.2 Å². The van der Waals surface area contributed by atoms with E-state index in [0.29, 0.717) is 37.2 Å². The number of thiazole rings is 1. The summed E-state index contributed by atoms with van der Waals surface area (Å²) in [7, 11) is 1.95. The number of ether oxygens (including phenoxy) is 1. The number of carbonyl (C=O) groups excluding carboxylic acids is 4. The van der Waals surface area contributed by atoms with E-state index < -0.39 is 47.5 Å². The Bertz CT molecular complexity index is 1880. The number of hydrogen-bond acceptors (Lipinski definition) is 11. The first-order valence-corrected chi connectivity index (χ1v) is 22.7. The molecule has 2 aromatic heterocycles. The topological polar surface area (TPSA) is 200 Å². The fourth-order valence-electron chi connectivity index (χ4n) is 7.95. The lowest BCUT2D eigenvalue weighted by Gasteiger charge is -2.40. The summed E-state index contributed by atoms with van der Waals surface area (Å²) in [6.07, 6.45) is 7.05. The fraction of sp³-hybridized carbons (Fsp3) is 0.644. The van der Waals surface area contributed by atoms with Crippen LogP contribution in [-0.4, -0.2) is 109 Å². The molecule has 1 aliphatic heterocycles. The van der Waals surface area contributed by atoms with E-state index in [1.165, 1.54) is 18.3 Å². The number of amides is 3. The van der Waals surface area contributed by atoms with Gasteiger partial charge in [-0.1, -0.05) is 70.4 Å². The van der Waals surface area contributed by atoms with Crippen LogP contribution in [0.5, 0.6) is 0 Å². The van der Waals surface area contributed by atoms with Crippen LogP contribution in [0.3, 0.4) is 0 Å². The number of hydrogen-bond donors (Lipinski definition) is 4. The van der Waals surface area contributed by atoms with Gasteiger partial charge in [-0.2, -0.15) is 15.4 Å². The number of H-pyrrole nitrogens is 1. The maximum absolute atomic E-state index is 15.0. The van der Waals surface area contributed by atoms with E-state index in [-0.39, 0.29) is 48.2 Å². The SMILES string of the molecule is CC[C@H](C)[C@H](NC(=O)[C@H]1CCCCN1C)C(=O)N(CCCCc1cn[nH]n1)[C@H](C[C@@H](OC(C)=O)c1nc(C(=O)N[C@@H](Cc2ccc(C)cc2)CC(C)(C)C(=O)O)cs1)C(C)C. The van der Waals surface area contributed by atoms with E-state index in [2.05, 4.69) is 30.9 Å². The zero-order valence-corrected chi connectivity index (χ0v) is 38.3. The predicted octanol–water partition coefficient (Wildman–Crippen LogP) is 6.30. The van der Waals surface area contributed by atoms with Crippen molar-refractivity contribution in [2.45, 2.75) is 150 Å². The first-order valence-electron chi connectivity index (χ1n) is 21.8. The van der Waals surface area contributed by atoms with Crippen molar-refractivity contribution in [3.05, 3.63) is 63.4 Å². The first-order chi connectivity index (χ1) is 28.9. The van der Waals surface area contributed by atoms with E-state index in [1.54, 1.807) is 25.4 Å². The Hall–Kier alpha value is -4.70. The van der Waals surface area contributed by atoms with E-state index in [4.69, 9.17) is 9.72 Å². The van der Waals surface area contributed by atoms with Gasteiger partial charge >= 0.3 is 11.9 Å². The van der Waals surface area contributed by atoms with Crippen molar-refractivity contribution in [1.82, 2.24) is 40.8 Å². The van der Waals surface area contributed by atoms with Crippen molar-refractivity contribution in [2.24, 2.45) is 17.3 Å². The highest BCUT2D eigenvalue weighted by molar-refractivity contribution is 7.09. The number of unbranched alkanes of at least 4 members (excludes halogenated alkanes) is 1. The van der Waals surface area contributed by atoms with Crippen LogP contribution in [0.25, 0.3) is 0 Å². The number of likely N-dealkylation sites (N-methyl/N-ethyl adjacent to an activating group) is 1. The average Bonchev–Trinajstić information content (AvgIpc) is 3.92. The molecule has 0 saturated carbocycles. The Balaban J connectivity index is 1.62. The first kappa shape index (κ1) is 49.0. The second-order valence-electron chi connectivity index (χ2n) is 17.8. The molecule has 1 fully saturated rings. The molecule has 336 valence electrons. The van der Waals surface area contributed by atoms with Crippen molar-refractivity contribution >= 4 is 41.0 Å². The minimum absolute atomic E-state index is 0.0989. The predicted molar refractivity (Wildman–Crippen MR) is 235 cm³/mol. The zero-order valence-electron chi connectivity index (χ0n) is 37.5. The van der Waals surface area contributed by atoms with E-state index >= 15 is 0 Å². The number of aromatic amines is 1. The van der Waals surface area contributed by atoms with Gasteiger partial charge in [0.05, 0.1) is 23.3 Å². The lowest BCUT2D eigenvalue weighted by molar-refractivity contribution is -0.150. The molecular weight excluding hydrogens is 797 g/mol. The van der Waals surface area contributed by atoms with Crippen molar-refractivity contribution in [2.75, 3.05) is 20.1 Å². The molecule has 4 N–H and O–H groups in total. The van der Waals surface area contributed by atoms with Gasteiger partial charge in [0.15, 0.2) is 6.10 Å². The molecule has 1 aliphatic rings. The van der Waals surface area contributed by atoms with Gasteiger partial charge in [-0.15, -0.1) is 11.3 Å². The van der Waals surface area contributed by atoms with Gasteiger partial charge in [0.1, 0.15) is 16.7 Å². The van der Waals surface area contributed by atoms with Crippen LogP contribution in [0.2, 0.25) is 0 Å². The zero-order chi connectivity index (χ0) is 44.9. The van der Waals surface area contributed by atoms with Gasteiger partial charge in [-0.3, -0.25) is 28.9 Å². The van der Waals surface area contributed by atoms with Crippen LogP contribution in [0.15, 0.2) is 35.8 Å². The van der Waals surface area contributed by atoms with Crippen LogP contribution in [-0.2, 0) is 36.8 Å². The molecule has 6 atom stereocenters. The summed E-state index contributed by atoms with van der Waals surface area (Å²) >= 11 is 1.19. The highest BCUT2D eigenvalue weighted by Crippen LogP contribution is 2.32. The summed E-state index contributed by atoms with van der Waals surface area (Å²) in [6.45, 7) is 15.8. The Morgan fingerprint density at radius 2 is 1.80 bits per heavy atom. The number of carbonyl (C=O) groups is 5. The third-order valence-corrected chi connectivity index (χ3v) is 12.9. The summed E-state index contributed by atoms with van der Waals surface area (Å²) in [6, 6.07) is 5.86. The molecule has 0 spiro atoms. The lowest BCUT2D eigenvalue weighted by Crippen LogP contribution is -2.59. The number of esters is 1. The smallest absolute Gasteiger partial charge is 0.309 e. The largest absolute Gasteiger partial charge is 0.481 e. The maximum Gasteiger partial charge on any atom is 0.309 e.